The molecule has 1 aliphatic carbocycles. The Hall–Kier alpha value is -3.38. The number of hydrogen-bond donors (Lipinski definition) is 2. The minimum atomic E-state index is -3.64. The third kappa shape index (κ3) is 4.80. The molecule has 0 atom stereocenters. The van der Waals surface area contributed by atoms with Crippen molar-refractivity contribution in [3.05, 3.63) is 58.5 Å². The number of aromatic nitrogens is 4. The molecule has 1 saturated heterocycles. The summed E-state index contributed by atoms with van der Waals surface area (Å²) in [6.07, 6.45) is 6.42. The summed E-state index contributed by atoms with van der Waals surface area (Å²) < 4.78 is 41.1. The van der Waals surface area contributed by atoms with Crippen molar-refractivity contribution in [2.45, 2.75) is 54.8 Å². The summed E-state index contributed by atoms with van der Waals surface area (Å²) in [5.74, 6) is -0.311. The predicted molar refractivity (Wildman–Crippen MR) is 142 cm³/mol. The molecule has 1 saturated carbocycles. The van der Waals surface area contributed by atoms with Crippen LogP contribution >= 0.6 is 11.6 Å². The fourth-order valence-electron chi connectivity index (χ4n) is 5.45. The van der Waals surface area contributed by atoms with Gasteiger partial charge in [-0.3, -0.25) is 4.79 Å². The molecule has 0 spiro atoms. The fraction of sp³-hybridized carbons (Fsp3) is 0.423. The van der Waals surface area contributed by atoms with Crippen LogP contribution in [0.25, 0.3) is 0 Å². The van der Waals surface area contributed by atoms with E-state index in [0.717, 1.165) is 18.7 Å². The number of sulfone groups is 1. The predicted octanol–water partition coefficient (Wildman–Crippen LogP) is 4.02. The molecular weight excluding hydrogens is 547 g/mol. The number of carbonyl (C=O) groups is 1. The van der Waals surface area contributed by atoms with Crippen LogP contribution in [-0.4, -0.2) is 58.3 Å². The number of rotatable bonds is 6. The van der Waals surface area contributed by atoms with Gasteiger partial charge in [0.25, 0.3) is 0 Å². The van der Waals surface area contributed by atoms with Crippen molar-refractivity contribution in [3.63, 3.8) is 0 Å². The van der Waals surface area contributed by atoms with E-state index in [4.69, 9.17) is 11.6 Å². The first-order valence-electron chi connectivity index (χ1n) is 12.8. The van der Waals surface area contributed by atoms with E-state index in [-0.39, 0.29) is 33.6 Å². The highest BCUT2D eigenvalue weighted by Gasteiger charge is 2.53. The van der Waals surface area contributed by atoms with E-state index in [9.17, 15) is 18.3 Å². The first-order valence-corrected chi connectivity index (χ1v) is 14.9. The molecule has 0 amide bonds. The van der Waals surface area contributed by atoms with Gasteiger partial charge in [0.2, 0.25) is 5.95 Å². The van der Waals surface area contributed by atoms with Crippen LogP contribution in [0, 0.1) is 5.82 Å². The Morgan fingerprint density at radius 2 is 1.87 bits per heavy atom. The van der Waals surface area contributed by atoms with Crippen LogP contribution in [0.15, 0.2) is 35.5 Å². The van der Waals surface area contributed by atoms with Crippen molar-refractivity contribution >= 4 is 44.9 Å². The topological polar surface area (TPSA) is 138 Å². The first kappa shape index (κ1) is 25.9. The fourth-order valence-corrected chi connectivity index (χ4v) is 7.17. The molecule has 2 aliphatic heterocycles. The number of aliphatic carboxylic acids is 1. The monoisotopic (exact) mass is 572 g/mol. The average molecular weight is 573 g/mol. The van der Waals surface area contributed by atoms with Crippen molar-refractivity contribution < 1.29 is 22.7 Å². The number of nitrogens with zero attached hydrogens (tertiary/aromatic N) is 5. The van der Waals surface area contributed by atoms with E-state index in [0.29, 0.717) is 55.4 Å². The van der Waals surface area contributed by atoms with Crippen LogP contribution in [-0.2, 0) is 26.5 Å². The molecule has 0 unspecified atom stereocenters. The molecule has 2 N–H and O–H groups in total. The molecule has 2 fully saturated rings. The van der Waals surface area contributed by atoms with E-state index >= 15 is 4.39 Å². The van der Waals surface area contributed by atoms with Gasteiger partial charge < -0.3 is 15.3 Å². The Morgan fingerprint density at radius 3 is 2.51 bits per heavy atom. The number of aryl methyl sites for hydroxylation is 1. The van der Waals surface area contributed by atoms with Gasteiger partial charge in [-0.15, -0.1) is 0 Å². The first-order chi connectivity index (χ1) is 18.7. The Balaban J connectivity index is 1.29. The van der Waals surface area contributed by atoms with Gasteiger partial charge in [0.1, 0.15) is 16.5 Å². The van der Waals surface area contributed by atoms with Gasteiger partial charge in [-0.05, 0) is 50.7 Å². The highest BCUT2D eigenvalue weighted by molar-refractivity contribution is 7.91. The van der Waals surface area contributed by atoms with Gasteiger partial charge in [0.15, 0.2) is 15.7 Å². The molecule has 3 aliphatic rings. The minimum Gasteiger partial charge on any atom is -0.481 e. The minimum absolute atomic E-state index is 0.0156. The summed E-state index contributed by atoms with van der Waals surface area (Å²) in [7, 11) is -3.64. The molecule has 3 aromatic rings. The second-order valence-electron chi connectivity index (χ2n) is 10.3. The van der Waals surface area contributed by atoms with Crippen LogP contribution in [0.3, 0.4) is 0 Å². The number of piperidine rings is 1. The molecule has 0 radical (unpaired) electrons. The zero-order valence-electron chi connectivity index (χ0n) is 20.9. The van der Waals surface area contributed by atoms with E-state index in [1.54, 1.807) is 18.5 Å². The van der Waals surface area contributed by atoms with Crippen molar-refractivity contribution in [1.82, 2.24) is 19.9 Å². The summed E-state index contributed by atoms with van der Waals surface area (Å²) in [5, 5.41) is 13.0. The number of carboxylic acids is 1. The smallest absolute Gasteiger partial charge is 0.314 e. The van der Waals surface area contributed by atoms with Crippen LogP contribution < -0.4 is 10.2 Å². The van der Waals surface area contributed by atoms with Crippen molar-refractivity contribution in [1.29, 1.82) is 0 Å². The molecular formula is C26H26ClFN6O4S. The average Bonchev–Trinajstić information content (AvgIpc) is 3.71. The van der Waals surface area contributed by atoms with Crippen LogP contribution in [0.2, 0.25) is 5.02 Å². The number of hydrogen-bond acceptors (Lipinski definition) is 9. The largest absolute Gasteiger partial charge is 0.481 e. The van der Waals surface area contributed by atoms with Crippen LogP contribution in [0.4, 0.5) is 21.8 Å². The van der Waals surface area contributed by atoms with Crippen molar-refractivity contribution in [3.8, 4) is 0 Å². The summed E-state index contributed by atoms with van der Waals surface area (Å²) in [6.45, 7) is 1.25. The Morgan fingerprint density at radius 1 is 1.15 bits per heavy atom. The SMILES string of the molecule is O=C(O)C1(c2ccc(Nc3nc(N4CCC(c5ncc(Cl)cn5)CC4)nc4c3S(=O)(=O)CCC4)cc2F)CC1. The van der Waals surface area contributed by atoms with E-state index < -0.39 is 27.0 Å². The molecule has 1 aromatic carbocycles. The molecule has 4 heterocycles. The van der Waals surface area contributed by atoms with Gasteiger partial charge >= 0.3 is 5.97 Å². The molecule has 6 rings (SSSR count). The number of benzene rings is 1. The van der Waals surface area contributed by atoms with E-state index in [1.807, 2.05) is 4.90 Å². The lowest BCUT2D eigenvalue weighted by atomic mass is 9.95. The molecule has 13 heteroatoms. The van der Waals surface area contributed by atoms with Gasteiger partial charge in [-0.2, -0.15) is 4.98 Å². The molecule has 0 bridgehead atoms. The van der Waals surface area contributed by atoms with Crippen LogP contribution in [0.1, 0.15) is 55.1 Å². The van der Waals surface area contributed by atoms with Gasteiger partial charge in [0.05, 0.1) is 21.9 Å². The molecule has 10 nitrogen and oxygen atoms in total. The lowest BCUT2D eigenvalue weighted by Crippen LogP contribution is -2.35. The zero-order chi connectivity index (χ0) is 27.4. The number of nitrogens with one attached hydrogen (secondary N) is 1. The number of carboxylic acid groups (broad SMARTS) is 1. The molecule has 2 aromatic heterocycles. The lowest BCUT2D eigenvalue weighted by Gasteiger charge is -2.32. The molecule has 204 valence electrons. The van der Waals surface area contributed by atoms with Crippen molar-refractivity contribution in [2.24, 2.45) is 0 Å². The number of anilines is 3. The summed E-state index contributed by atoms with van der Waals surface area (Å²) in [6, 6.07) is 4.20. The Bertz CT molecular complexity index is 1560. The summed E-state index contributed by atoms with van der Waals surface area (Å²) in [5.41, 5.74) is -0.331. The highest BCUT2D eigenvalue weighted by Crippen LogP contribution is 2.49. The standard InChI is InChI=1S/C26H26ClFN6O4S/c27-16-13-29-22(30-14-16)15-5-9-34(10-6-15)25-32-20-2-1-11-39(37,38)21(20)23(33-25)31-17-3-4-18(19(28)12-17)26(7-8-26)24(35)36/h3-4,12-15H,1-2,5-11H2,(H,35,36)(H,31,32,33). The number of halogens is 2. The second-order valence-corrected chi connectivity index (χ2v) is 12.8. The maximum Gasteiger partial charge on any atom is 0.314 e. The van der Waals surface area contributed by atoms with E-state index in [2.05, 4.69) is 25.3 Å². The highest BCUT2D eigenvalue weighted by atomic mass is 35.5. The molecule has 39 heavy (non-hydrogen) atoms. The van der Waals surface area contributed by atoms with Crippen LogP contribution in [0.5, 0.6) is 0 Å². The summed E-state index contributed by atoms with van der Waals surface area (Å²) >= 11 is 5.91. The lowest BCUT2D eigenvalue weighted by molar-refractivity contribution is -0.140. The number of fused-ring (bicyclic) bond motifs is 1. The third-order valence-electron chi connectivity index (χ3n) is 7.75. The van der Waals surface area contributed by atoms with E-state index in [1.165, 1.54) is 12.1 Å². The summed E-state index contributed by atoms with van der Waals surface area (Å²) in [4.78, 5) is 31.6. The van der Waals surface area contributed by atoms with Gasteiger partial charge in [-0.25, -0.2) is 27.8 Å². The quantitative estimate of drug-likeness (QED) is 0.445. The second kappa shape index (κ2) is 9.67. The maximum absolute atomic E-state index is 15.0. The normalized spacial score (nSPS) is 19.8. The van der Waals surface area contributed by atoms with Gasteiger partial charge in [0, 0.05) is 42.7 Å². The maximum atomic E-state index is 15.0. The zero-order valence-corrected chi connectivity index (χ0v) is 22.5. The third-order valence-corrected chi connectivity index (χ3v) is 9.82. The van der Waals surface area contributed by atoms with Crippen molar-refractivity contribution in [2.75, 3.05) is 29.1 Å². The Labute approximate surface area is 229 Å². The van der Waals surface area contributed by atoms with Gasteiger partial charge in [-0.1, -0.05) is 17.7 Å². The Kier molecular flexibility index (Phi) is 6.41.